The van der Waals surface area contributed by atoms with E-state index in [9.17, 15) is 0 Å². The maximum Gasteiger partial charge on any atom is 0.0728 e. The number of ether oxygens (including phenoxy) is 1. The smallest absolute Gasteiger partial charge is 0.0728 e. The molecule has 2 unspecified atom stereocenters. The van der Waals surface area contributed by atoms with Crippen molar-refractivity contribution in [3.63, 3.8) is 0 Å². The molecule has 0 fully saturated rings. The molecule has 98 valence electrons. The van der Waals surface area contributed by atoms with Gasteiger partial charge in [-0.15, -0.1) is 11.3 Å². The van der Waals surface area contributed by atoms with E-state index >= 15 is 0 Å². The van der Waals surface area contributed by atoms with Crippen molar-refractivity contribution in [2.45, 2.75) is 45.8 Å². The first-order valence-corrected chi connectivity index (χ1v) is 7.96. The van der Waals surface area contributed by atoms with E-state index < -0.39 is 0 Å². The Balaban J connectivity index is 2.67. The molecule has 1 heterocycles. The third kappa shape index (κ3) is 4.70. The Bertz CT molecular complexity index is 316. The first-order valence-electron chi connectivity index (χ1n) is 6.29. The summed E-state index contributed by atoms with van der Waals surface area (Å²) in [5, 5.41) is 5.67. The summed E-state index contributed by atoms with van der Waals surface area (Å²) in [5.41, 5.74) is 0. The predicted octanol–water partition coefficient (Wildman–Crippen LogP) is 3.85. The summed E-state index contributed by atoms with van der Waals surface area (Å²) < 4.78 is 7.04. The summed E-state index contributed by atoms with van der Waals surface area (Å²) in [6.45, 7) is 8.17. The standard InChI is InChI=1S/C13H22BrNOS/c1-4-12(16-6-3)11(15-5-2)9-13-10(14)7-8-17-13/h7-8,11-12,15H,4-6,9H2,1-3H3. The number of nitrogens with one attached hydrogen (secondary N) is 1. The van der Waals surface area contributed by atoms with Gasteiger partial charge in [0, 0.05) is 28.4 Å². The molecule has 1 aromatic rings. The Hall–Kier alpha value is 0.1000. The van der Waals surface area contributed by atoms with Crippen LogP contribution < -0.4 is 5.32 Å². The van der Waals surface area contributed by atoms with E-state index in [-0.39, 0.29) is 0 Å². The molecule has 0 amide bonds. The fraction of sp³-hybridized carbons (Fsp3) is 0.692. The lowest BCUT2D eigenvalue weighted by Crippen LogP contribution is -2.42. The Morgan fingerprint density at radius 3 is 2.65 bits per heavy atom. The zero-order valence-electron chi connectivity index (χ0n) is 10.8. The van der Waals surface area contributed by atoms with Gasteiger partial charge in [-0.1, -0.05) is 13.8 Å². The monoisotopic (exact) mass is 319 g/mol. The zero-order chi connectivity index (χ0) is 12.7. The molecule has 0 saturated carbocycles. The van der Waals surface area contributed by atoms with E-state index in [2.05, 4.69) is 53.5 Å². The van der Waals surface area contributed by atoms with Crippen molar-refractivity contribution >= 4 is 27.3 Å². The second-order valence-electron chi connectivity index (χ2n) is 3.96. The first-order chi connectivity index (χ1) is 8.22. The van der Waals surface area contributed by atoms with Crippen LogP contribution >= 0.6 is 27.3 Å². The van der Waals surface area contributed by atoms with E-state index in [1.807, 2.05) is 11.3 Å². The minimum absolute atomic E-state index is 0.300. The summed E-state index contributed by atoms with van der Waals surface area (Å²) in [6.07, 6.45) is 2.38. The van der Waals surface area contributed by atoms with Gasteiger partial charge < -0.3 is 10.1 Å². The molecule has 0 aliphatic rings. The third-order valence-corrected chi connectivity index (χ3v) is 4.74. The van der Waals surface area contributed by atoms with Crippen molar-refractivity contribution in [2.24, 2.45) is 0 Å². The van der Waals surface area contributed by atoms with Gasteiger partial charge >= 0.3 is 0 Å². The molecule has 1 aromatic heterocycles. The van der Waals surface area contributed by atoms with Crippen LogP contribution in [0.5, 0.6) is 0 Å². The van der Waals surface area contributed by atoms with Crippen LogP contribution in [0.3, 0.4) is 0 Å². The van der Waals surface area contributed by atoms with E-state index in [1.54, 1.807) is 0 Å². The average Bonchev–Trinajstić information content (AvgIpc) is 2.71. The van der Waals surface area contributed by atoms with Crippen LogP contribution in [0.15, 0.2) is 15.9 Å². The maximum atomic E-state index is 5.82. The molecule has 0 aliphatic carbocycles. The minimum atomic E-state index is 0.300. The maximum absolute atomic E-state index is 5.82. The summed E-state index contributed by atoms with van der Waals surface area (Å²) in [7, 11) is 0. The molecule has 0 bridgehead atoms. The molecule has 1 rings (SSSR count). The Kier molecular flexibility index (Phi) is 7.35. The Morgan fingerprint density at radius 1 is 1.41 bits per heavy atom. The summed E-state index contributed by atoms with van der Waals surface area (Å²) in [6, 6.07) is 2.52. The van der Waals surface area contributed by atoms with Gasteiger partial charge in [0.05, 0.1) is 6.10 Å². The molecule has 17 heavy (non-hydrogen) atoms. The van der Waals surface area contributed by atoms with Crippen LogP contribution in [0.2, 0.25) is 0 Å². The molecule has 0 spiro atoms. The topological polar surface area (TPSA) is 21.3 Å². The Labute approximate surface area is 117 Å². The molecule has 1 N–H and O–H groups in total. The number of halogens is 1. The highest BCUT2D eigenvalue weighted by molar-refractivity contribution is 9.10. The van der Waals surface area contributed by atoms with Gasteiger partial charge in [-0.3, -0.25) is 0 Å². The minimum Gasteiger partial charge on any atom is -0.377 e. The highest BCUT2D eigenvalue weighted by Gasteiger charge is 2.21. The van der Waals surface area contributed by atoms with Gasteiger partial charge in [0.1, 0.15) is 0 Å². The fourth-order valence-electron chi connectivity index (χ4n) is 2.00. The van der Waals surface area contributed by atoms with Gasteiger partial charge in [-0.25, -0.2) is 0 Å². The summed E-state index contributed by atoms with van der Waals surface area (Å²) in [5.74, 6) is 0. The third-order valence-electron chi connectivity index (χ3n) is 2.79. The number of thiophene rings is 1. The molecule has 0 radical (unpaired) electrons. The lowest BCUT2D eigenvalue weighted by Gasteiger charge is -2.26. The summed E-state index contributed by atoms with van der Waals surface area (Å²) in [4.78, 5) is 1.40. The van der Waals surface area contributed by atoms with Gasteiger partial charge in [-0.2, -0.15) is 0 Å². The van der Waals surface area contributed by atoms with Crippen molar-refractivity contribution in [1.82, 2.24) is 5.32 Å². The van der Waals surface area contributed by atoms with Crippen LogP contribution in [-0.4, -0.2) is 25.3 Å². The van der Waals surface area contributed by atoms with Crippen molar-refractivity contribution < 1.29 is 4.74 Å². The number of hydrogen-bond donors (Lipinski definition) is 1. The normalized spacial score (nSPS) is 14.8. The van der Waals surface area contributed by atoms with Crippen LogP contribution in [0.25, 0.3) is 0 Å². The van der Waals surface area contributed by atoms with Gasteiger partial charge in [0.15, 0.2) is 0 Å². The molecular formula is C13H22BrNOS. The van der Waals surface area contributed by atoms with Gasteiger partial charge in [0.25, 0.3) is 0 Å². The van der Waals surface area contributed by atoms with Crippen molar-refractivity contribution in [3.8, 4) is 0 Å². The lowest BCUT2D eigenvalue weighted by molar-refractivity contribution is 0.0325. The van der Waals surface area contributed by atoms with Gasteiger partial charge in [-0.05, 0) is 47.3 Å². The van der Waals surface area contributed by atoms with Crippen LogP contribution in [-0.2, 0) is 11.2 Å². The number of rotatable bonds is 8. The largest absolute Gasteiger partial charge is 0.377 e. The molecular weight excluding hydrogens is 298 g/mol. The second kappa shape index (κ2) is 8.25. The first kappa shape index (κ1) is 15.2. The predicted molar refractivity (Wildman–Crippen MR) is 78.9 cm³/mol. The van der Waals surface area contributed by atoms with Crippen LogP contribution in [0.1, 0.15) is 32.1 Å². The van der Waals surface area contributed by atoms with Crippen molar-refractivity contribution in [2.75, 3.05) is 13.2 Å². The quantitative estimate of drug-likeness (QED) is 0.786. The van der Waals surface area contributed by atoms with Crippen molar-refractivity contribution in [1.29, 1.82) is 0 Å². The van der Waals surface area contributed by atoms with Gasteiger partial charge in [0.2, 0.25) is 0 Å². The highest BCUT2D eigenvalue weighted by atomic mass is 79.9. The second-order valence-corrected chi connectivity index (χ2v) is 5.82. The SMILES string of the molecule is CCNC(Cc1sccc1Br)C(CC)OCC. The number of likely N-dealkylation sites (N-methyl/N-ethyl adjacent to an activating group) is 1. The van der Waals surface area contributed by atoms with E-state index in [4.69, 9.17) is 4.74 Å². The average molecular weight is 320 g/mol. The zero-order valence-corrected chi connectivity index (χ0v) is 13.2. The van der Waals surface area contributed by atoms with E-state index in [0.29, 0.717) is 12.1 Å². The van der Waals surface area contributed by atoms with Crippen LogP contribution in [0, 0.1) is 0 Å². The fourth-order valence-corrected chi connectivity index (χ4v) is 3.57. The molecule has 0 aliphatic heterocycles. The summed E-state index contributed by atoms with van der Waals surface area (Å²) >= 11 is 5.41. The Morgan fingerprint density at radius 2 is 2.18 bits per heavy atom. The van der Waals surface area contributed by atoms with Crippen molar-refractivity contribution in [3.05, 3.63) is 20.8 Å². The molecule has 0 aromatic carbocycles. The van der Waals surface area contributed by atoms with E-state index in [0.717, 1.165) is 26.0 Å². The van der Waals surface area contributed by atoms with Crippen LogP contribution in [0.4, 0.5) is 0 Å². The van der Waals surface area contributed by atoms with E-state index in [1.165, 1.54) is 9.35 Å². The molecule has 0 saturated heterocycles. The molecule has 4 heteroatoms. The highest BCUT2D eigenvalue weighted by Crippen LogP contribution is 2.25. The number of hydrogen-bond acceptors (Lipinski definition) is 3. The molecule has 2 nitrogen and oxygen atoms in total. The molecule has 2 atom stereocenters. The lowest BCUT2D eigenvalue weighted by atomic mass is 10.0.